The van der Waals surface area contributed by atoms with Crippen LogP contribution in [-0.4, -0.2) is 22.8 Å². The topological polar surface area (TPSA) is 134 Å². The second-order valence-electron chi connectivity index (χ2n) is 6.81. The third-order valence-electron chi connectivity index (χ3n) is 5.08. The number of nitriles is 1. The highest BCUT2D eigenvalue weighted by Gasteiger charge is 2.26. The summed E-state index contributed by atoms with van der Waals surface area (Å²) >= 11 is 0. The number of nitrogens with two attached hydrogens (primary N) is 1. The number of rotatable bonds is 5. The van der Waals surface area contributed by atoms with Crippen molar-refractivity contribution in [3.63, 3.8) is 0 Å². The van der Waals surface area contributed by atoms with Crippen LogP contribution in [0.5, 0.6) is 5.75 Å². The molecule has 2 heterocycles. The number of nitrogens with one attached hydrogen (secondary N) is 2. The largest absolute Gasteiger partial charge is 0.495 e. The number of ether oxygens (including phenoxy) is 1. The highest BCUT2D eigenvalue weighted by Crippen LogP contribution is 2.37. The number of fused-ring (bicyclic) bond motifs is 1. The Bertz CT molecular complexity index is 1110. The zero-order chi connectivity index (χ0) is 20.4. The van der Waals surface area contributed by atoms with Crippen molar-refractivity contribution in [3.05, 3.63) is 65.1 Å². The van der Waals surface area contributed by atoms with Crippen LogP contribution in [0.2, 0.25) is 0 Å². The van der Waals surface area contributed by atoms with E-state index in [1.807, 2.05) is 12.1 Å². The molecule has 0 unspecified atom stereocenters. The van der Waals surface area contributed by atoms with Crippen LogP contribution >= 0.6 is 0 Å². The molecule has 0 fully saturated rings. The first-order chi connectivity index (χ1) is 14.1. The van der Waals surface area contributed by atoms with E-state index in [4.69, 9.17) is 20.3 Å². The number of nitrogens with zero attached hydrogens (tertiary/aromatic N) is 3. The maximum Gasteiger partial charge on any atom is 0.181 e. The molecule has 8 heteroatoms. The molecule has 1 atom stereocenters. The van der Waals surface area contributed by atoms with Crippen LogP contribution in [0.4, 0.5) is 11.4 Å². The van der Waals surface area contributed by atoms with Gasteiger partial charge in [0.25, 0.3) is 0 Å². The number of pyridine rings is 1. The lowest BCUT2D eigenvalue weighted by Gasteiger charge is -2.28. The van der Waals surface area contributed by atoms with Gasteiger partial charge in [-0.2, -0.15) is 5.26 Å². The first-order valence-corrected chi connectivity index (χ1v) is 9.22. The Kier molecular flexibility index (Phi) is 4.87. The van der Waals surface area contributed by atoms with E-state index in [0.717, 1.165) is 36.2 Å². The molecule has 3 aromatic rings. The molecule has 0 radical (unpaired) electrons. The van der Waals surface area contributed by atoms with Gasteiger partial charge in [0, 0.05) is 31.6 Å². The predicted molar refractivity (Wildman–Crippen MR) is 112 cm³/mol. The second-order valence-corrected chi connectivity index (χ2v) is 6.81. The minimum Gasteiger partial charge on any atom is -0.495 e. The summed E-state index contributed by atoms with van der Waals surface area (Å²) in [5.74, 6) is 0.960. The molecule has 0 aliphatic heterocycles. The number of anilines is 2. The number of methoxy groups -OCH3 is 1. The van der Waals surface area contributed by atoms with Crippen molar-refractivity contribution in [2.75, 3.05) is 18.2 Å². The molecule has 1 aliphatic carbocycles. The van der Waals surface area contributed by atoms with Crippen LogP contribution in [0.25, 0.3) is 0 Å². The van der Waals surface area contributed by atoms with Gasteiger partial charge in [0.05, 0.1) is 25.0 Å². The van der Waals surface area contributed by atoms with Crippen LogP contribution in [0.1, 0.15) is 49.9 Å². The van der Waals surface area contributed by atoms with E-state index in [1.54, 1.807) is 19.4 Å². The summed E-state index contributed by atoms with van der Waals surface area (Å²) < 4.78 is 10.7. The monoisotopic (exact) mass is 392 g/mol. The molecule has 8 nitrogen and oxygen atoms in total. The smallest absolute Gasteiger partial charge is 0.181 e. The van der Waals surface area contributed by atoms with Crippen molar-refractivity contribution < 1.29 is 12.0 Å². The summed E-state index contributed by atoms with van der Waals surface area (Å²) in [6, 6.07) is 7.58. The Morgan fingerprint density at radius 1 is 1.45 bits per heavy atom. The second kappa shape index (κ2) is 7.64. The molecule has 0 saturated heterocycles. The molecule has 29 heavy (non-hydrogen) atoms. The maximum atomic E-state index is 9.31. The zero-order valence-electron chi connectivity index (χ0n) is 15.9. The third kappa shape index (κ3) is 3.38. The fraction of sp³-hybridized carbons (Fsp3) is 0.238. The van der Waals surface area contributed by atoms with Crippen LogP contribution in [-0.2, 0) is 6.42 Å². The van der Waals surface area contributed by atoms with Gasteiger partial charge in [-0.3, -0.25) is 10.4 Å². The molecule has 4 rings (SSSR count). The van der Waals surface area contributed by atoms with E-state index in [0.29, 0.717) is 28.3 Å². The van der Waals surface area contributed by atoms with Gasteiger partial charge in [-0.25, -0.2) is 4.98 Å². The lowest BCUT2D eigenvalue weighted by Crippen LogP contribution is -2.20. The highest BCUT2D eigenvalue weighted by atomic mass is 16.5. The lowest BCUT2D eigenvalue weighted by atomic mass is 9.90. The van der Waals surface area contributed by atoms with Crippen LogP contribution in [0.15, 0.2) is 41.4 Å². The number of hydrogen-bond acceptors (Lipinski definition) is 8. The summed E-state index contributed by atoms with van der Waals surface area (Å²) in [6.45, 7) is 0. The fourth-order valence-corrected chi connectivity index (χ4v) is 3.70. The molecule has 0 bridgehead atoms. The van der Waals surface area contributed by atoms with Crippen LogP contribution in [0, 0.1) is 16.7 Å². The van der Waals surface area contributed by atoms with Crippen LogP contribution in [0.3, 0.4) is 0 Å². The third-order valence-corrected chi connectivity index (χ3v) is 5.08. The van der Waals surface area contributed by atoms with Crippen molar-refractivity contribution in [1.29, 1.82) is 10.7 Å². The number of benzene rings is 1. The molecular weight excluding hydrogens is 368 g/mol. The Morgan fingerprint density at radius 2 is 2.31 bits per heavy atom. The summed E-state index contributed by atoms with van der Waals surface area (Å²) in [5, 5.41) is 21.2. The minimum absolute atomic E-state index is 0. The summed E-state index contributed by atoms with van der Waals surface area (Å²) in [6.07, 6.45) is 7.01. The van der Waals surface area contributed by atoms with Gasteiger partial charge in [0.15, 0.2) is 12.2 Å². The fourth-order valence-electron chi connectivity index (χ4n) is 3.70. The van der Waals surface area contributed by atoms with Gasteiger partial charge in [0.2, 0.25) is 0 Å². The Balaban J connectivity index is 0.00000171. The number of aromatic nitrogens is 2. The predicted octanol–water partition coefficient (Wildman–Crippen LogP) is 3.93. The molecule has 0 amide bonds. The van der Waals surface area contributed by atoms with E-state index >= 15 is 0 Å². The van der Waals surface area contributed by atoms with Crippen molar-refractivity contribution in [3.8, 4) is 11.8 Å². The Morgan fingerprint density at radius 3 is 3.03 bits per heavy atom. The van der Waals surface area contributed by atoms with E-state index in [-0.39, 0.29) is 14.6 Å². The van der Waals surface area contributed by atoms with Crippen molar-refractivity contribution in [2.24, 2.45) is 0 Å². The van der Waals surface area contributed by atoms with E-state index in [2.05, 4.69) is 21.4 Å². The van der Waals surface area contributed by atoms with E-state index < -0.39 is 0 Å². The summed E-state index contributed by atoms with van der Waals surface area (Å²) in [4.78, 5) is 8.40. The molecular formula is C21H24N6O2. The van der Waals surface area contributed by atoms with Crippen LogP contribution < -0.4 is 15.8 Å². The van der Waals surface area contributed by atoms with Gasteiger partial charge in [0.1, 0.15) is 23.1 Å². The molecule has 150 valence electrons. The summed E-state index contributed by atoms with van der Waals surface area (Å²) in [7, 11) is 1.58. The normalized spacial score (nSPS) is 15.2. The number of oxazole rings is 1. The zero-order valence-corrected chi connectivity index (χ0v) is 15.9. The molecule has 0 spiro atoms. The lowest BCUT2D eigenvalue weighted by molar-refractivity contribution is 0.401. The standard InChI is InChI=1S/C21H20N6O2.2H2/c1-28-21-12(8-22)9-26-20-14(21)3-2-4-17(20)27-13-5-6-16(23)15(7-13)19(24)18-10-25-11-29-18;;/h5-7,9-11,17,24,27H,2-4,23H2,1H3;2*1H/t17-;;/m1../s1. The Labute approximate surface area is 170 Å². The van der Waals surface area contributed by atoms with Gasteiger partial charge in [-0.05, 0) is 37.5 Å². The van der Waals surface area contributed by atoms with Gasteiger partial charge in [-0.15, -0.1) is 0 Å². The first kappa shape index (κ1) is 18.5. The van der Waals surface area contributed by atoms with Gasteiger partial charge < -0.3 is 20.2 Å². The van der Waals surface area contributed by atoms with Crippen molar-refractivity contribution in [2.45, 2.75) is 25.3 Å². The van der Waals surface area contributed by atoms with Gasteiger partial charge >= 0.3 is 0 Å². The molecule has 1 aromatic carbocycles. The molecule has 2 aromatic heterocycles. The van der Waals surface area contributed by atoms with Crippen molar-refractivity contribution in [1.82, 2.24) is 9.97 Å². The van der Waals surface area contributed by atoms with Gasteiger partial charge in [-0.1, -0.05) is 0 Å². The Hall–Kier alpha value is -3.86. The molecule has 0 saturated carbocycles. The average Bonchev–Trinajstić information content (AvgIpc) is 3.28. The number of nitrogen functional groups attached to an aromatic ring is 1. The van der Waals surface area contributed by atoms with E-state index in [9.17, 15) is 5.26 Å². The quantitative estimate of drug-likeness (QED) is 0.442. The molecule has 4 N–H and O–H groups in total. The highest BCUT2D eigenvalue weighted by molar-refractivity contribution is 6.12. The van der Waals surface area contributed by atoms with Crippen molar-refractivity contribution >= 4 is 17.1 Å². The SMILES string of the molecule is COc1c(C#N)cnc2c1CCC[C@H]2Nc1ccc(N)c(C(=N)c2cnco2)c1.[HH].[HH]. The van der Waals surface area contributed by atoms with E-state index in [1.165, 1.54) is 12.6 Å². The number of hydrogen-bond donors (Lipinski definition) is 3. The first-order valence-electron chi connectivity index (χ1n) is 9.22. The minimum atomic E-state index is -0.0312. The maximum absolute atomic E-state index is 9.31. The molecule has 1 aliphatic rings. The average molecular weight is 392 g/mol. The summed E-state index contributed by atoms with van der Waals surface area (Å²) in [5.41, 5.74) is 10.4.